The van der Waals surface area contributed by atoms with Crippen molar-refractivity contribution in [3.63, 3.8) is 0 Å². The van der Waals surface area contributed by atoms with Crippen molar-refractivity contribution >= 4 is 11.7 Å². The fourth-order valence-electron chi connectivity index (χ4n) is 1.64. The molecular weight excluding hydrogens is 228 g/mol. The van der Waals surface area contributed by atoms with Gasteiger partial charge in [-0.2, -0.15) is 0 Å². The van der Waals surface area contributed by atoms with E-state index in [1.54, 1.807) is 43.6 Å². The molecule has 1 heterocycles. The zero-order valence-corrected chi connectivity index (χ0v) is 10.1. The normalized spacial score (nSPS) is 10.1. The van der Waals surface area contributed by atoms with Gasteiger partial charge in [-0.05, 0) is 29.8 Å². The number of phenolic OH excluding ortho intramolecular Hbond substituents is 1. The Hall–Kier alpha value is -2.36. The number of anilines is 1. The van der Waals surface area contributed by atoms with E-state index in [0.29, 0.717) is 5.82 Å². The predicted octanol–water partition coefficient (Wildman–Crippen LogP) is 1.99. The van der Waals surface area contributed by atoms with E-state index in [1.165, 1.54) is 4.90 Å². The molecule has 92 valence electrons. The van der Waals surface area contributed by atoms with Crippen LogP contribution in [0, 0.1) is 0 Å². The Morgan fingerprint density at radius 3 is 2.78 bits per heavy atom. The van der Waals surface area contributed by atoms with Gasteiger partial charge in [0, 0.05) is 13.2 Å². The molecule has 0 aliphatic carbocycles. The highest BCUT2D eigenvalue weighted by atomic mass is 16.3. The van der Waals surface area contributed by atoms with E-state index >= 15 is 0 Å². The van der Waals surface area contributed by atoms with Gasteiger partial charge in [-0.3, -0.25) is 9.69 Å². The van der Waals surface area contributed by atoms with Crippen LogP contribution in [0.25, 0.3) is 0 Å². The van der Waals surface area contributed by atoms with Gasteiger partial charge in [0.15, 0.2) is 0 Å². The second-order valence-electron chi connectivity index (χ2n) is 3.99. The SMILES string of the molecule is CN(C(=O)Cc1cccc(O)c1)c1ccccn1. The predicted molar refractivity (Wildman–Crippen MR) is 69.5 cm³/mol. The standard InChI is InChI=1S/C14H14N2O2/c1-16(13-7-2-3-8-15-13)14(18)10-11-5-4-6-12(17)9-11/h2-9,17H,10H2,1H3. The maximum Gasteiger partial charge on any atom is 0.232 e. The Morgan fingerprint density at radius 1 is 1.28 bits per heavy atom. The molecule has 1 N–H and O–H groups in total. The number of hydrogen-bond donors (Lipinski definition) is 1. The van der Waals surface area contributed by atoms with Crippen molar-refractivity contribution in [2.45, 2.75) is 6.42 Å². The molecule has 2 aromatic rings. The fraction of sp³-hybridized carbons (Fsp3) is 0.143. The molecular formula is C14H14N2O2. The number of carbonyl (C=O) groups excluding carboxylic acids is 1. The van der Waals surface area contributed by atoms with Crippen LogP contribution in [0.5, 0.6) is 5.75 Å². The summed E-state index contributed by atoms with van der Waals surface area (Å²) in [4.78, 5) is 17.6. The molecule has 0 spiro atoms. The van der Waals surface area contributed by atoms with E-state index in [-0.39, 0.29) is 18.1 Å². The lowest BCUT2D eigenvalue weighted by molar-refractivity contribution is -0.117. The van der Waals surface area contributed by atoms with E-state index < -0.39 is 0 Å². The summed E-state index contributed by atoms with van der Waals surface area (Å²) in [7, 11) is 1.69. The largest absolute Gasteiger partial charge is 0.508 e. The zero-order valence-electron chi connectivity index (χ0n) is 10.1. The number of nitrogens with zero attached hydrogens (tertiary/aromatic N) is 2. The summed E-state index contributed by atoms with van der Waals surface area (Å²) in [6.45, 7) is 0. The van der Waals surface area contributed by atoms with Crippen LogP contribution in [0.1, 0.15) is 5.56 Å². The smallest absolute Gasteiger partial charge is 0.232 e. The third-order valence-electron chi connectivity index (χ3n) is 2.63. The number of pyridine rings is 1. The number of carbonyl (C=O) groups is 1. The summed E-state index contributed by atoms with van der Waals surface area (Å²) in [5.74, 6) is 0.711. The van der Waals surface area contributed by atoms with Crippen molar-refractivity contribution in [2.24, 2.45) is 0 Å². The number of hydrogen-bond acceptors (Lipinski definition) is 3. The number of likely N-dealkylation sites (N-methyl/N-ethyl adjacent to an activating group) is 1. The number of phenols is 1. The van der Waals surface area contributed by atoms with Crippen LogP contribution in [0.3, 0.4) is 0 Å². The minimum Gasteiger partial charge on any atom is -0.508 e. The molecule has 0 fully saturated rings. The lowest BCUT2D eigenvalue weighted by Gasteiger charge is -2.15. The second kappa shape index (κ2) is 5.31. The Kier molecular flexibility index (Phi) is 3.57. The highest BCUT2D eigenvalue weighted by molar-refractivity contribution is 5.93. The van der Waals surface area contributed by atoms with E-state index in [0.717, 1.165) is 5.56 Å². The Bertz CT molecular complexity index is 541. The molecule has 4 nitrogen and oxygen atoms in total. The maximum absolute atomic E-state index is 12.0. The van der Waals surface area contributed by atoms with Crippen LogP contribution in [0.2, 0.25) is 0 Å². The highest BCUT2D eigenvalue weighted by Crippen LogP contribution is 2.14. The Balaban J connectivity index is 2.09. The van der Waals surface area contributed by atoms with E-state index in [1.807, 2.05) is 12.1 Å². The van der Waals surface area contributed by atoms with Crippen LogP contribution in [0.15, 0.2) is 48.7 Å². The molecule has 18 heavy (non-hydrogen) atoms. The minimum atomic E-state index is -0.0701. The average molecular weight is 242 g/mol. The molecule has 1 aromatic carbocycles. The van der Waals surface area contributed by atoms with Gasteiger partial charge in [0.1, 0.15) is 11.6 Å². The molecule has 0 atom stereocenters. The summed E-state index contributed by atoms with van der Waals surface area (Å²) in [5.41, 5.74) is 0.780. The molecule has 0 aliphatic heterocycles. The van der Waals surface area contributed by atoms with Gasteiger partial charge in [0.2, 0.25) is 5.91 Å². The van der Waals surface area contributed by atoms with Gasteiger partial charge in [-0.25, -0.2) is 4.98 Å². The summed E-state index contributed by atoms with van der Waals surface area (Å²) in [6, 6.07) is 12.1. The van der Waals surface area contributed by atoms with Gasteiger partial charge < -0.3 is 5.11 Å². The Morgan fingerprint density at radius 2 is 2.11 bits per heavy atom. The molecule has 1 aromatic heterocycles. The molecule has 0 aliphatic rings. The summed E-state index contributed by atoms with van der Waals surface area (Å²) < 4.78 is 0. The molecule has 0 unspecified atom stereocenters. The summed E-state index contributed by atoms with van der Waals surface area (Å²) in [6.07, 6.45) is 1.88. The third kappa shape index (κ3) is 2.85. The molecule has 0 bridgehead atoms. The van der Waals surface area contributed by atoms with Crippen LogP contribution in [-0.4, -0.2) is 23.0 Å². The van der Waals surface area contributed by atoms with Crippen molar-refractivity contribution in [2.75, 3.05) is 11.9 Å². The molecule has 1 amide bonds. The number of aromatic hydroxyl groups is 1. The first kappa shape index (κ1) is 12.1. The summed E-state index contributed by atoms with van der Waals surface area (Å²) in [5, 5.41) is 9.34. The quantitative estimate of drug-likeness (QED) is 0.895. The monoisotopic (exact) mass is 242 g/mol. The van der Waals surface area contributed by atoms with E-state index in [9.17, 15) is 9.90 Å². The van der Waals surface area contributed by atoms with Gasteiger partial charge in [-0.15, -0.1) is 0 Å². The number of benzene rings is 1. The van der Waals surface area contributed by atoms with Gasteiger partial charge in [-0.1, -0.05) is 18.2 Å². The number of rotatable bonds is 3. The van der Waals surface area contributed by atoms with Crippen molar-refractivity contribution in [1.29, 1.82) is 0 Å². The van der Waals surface area contributed by atoms with Gasteiger partial charge in [0.25, 0.3) is 0 Å². The lowest BCUT2D eigenvalue weighted by atomic mass is 10.1. The van der Waals surface area contributed by atoms with E-state index in [2.05, 4.69) is 4.98 Å². The average Bonchev–Trinajstić information content (AvgIpc) is 2.39. The van der Waals surface area contributed by atoms with E-state index in [4.69, 9.17) is 0 Å². The molecule has 4 heteroatoms. The summed E-state index contributed by atoms with van der Waals surface area (Å²) >= 11 is 0. The lowest BCUT2D eigenvalue weighted by Crippen LogP contribution is -2.28. The van der Waals surface area contributed by atoms with Gasteiger partial charge >= 0.3 is 0 Å². The first-order valence-electron chi connectivity index (χ1n) is 5.62. The highest BCUT2D eigenvalue weighted by Gasteiger charge is 2.12. The topological polar surface area (TPSA) is 53.4 Å². The first-order chi connectivity index (χ1) is 8.66. The van der Waals surface area contributed by atoms with Crippen LogP contribution in [-0.2, 0) is 11.2 Å². The fourth-order valence-corrected chi connectivity index (χ4v) is 1.64. The van der Waals surface area contributed by atoms with Crippen molar-refractivity contribution in [1.82, 2.24) is 4.98 Å². The van der Waals surface area contributed by atoms with Crippen LogP contribution in [0.4, 0.5) is 5.82 Å². The van der Waals surface area contributed by atoms with Gasteiger partial charge in [0.05, 0.1) is 6.42 Å². The maximum atomic E-state index is 12.0. The minimum absolute atomic E-state index is 0.0701. The van der Waals surface area contributed by atoms with Crippen molar-refractivity contribution in [3.8, 4) is 5.75 Å². The number of amides is 1. The molecule has 0 saturated carbocycles. The molecule has 0 radical (unpaired) electrons. The molecule has 2 rings (SSSR count). The molecule has 0 saturated heterocycles. The van der Waals surface area contributed by atoms with Crippen LogP contribution < -0.4 is 4.90 Å². The van der Waals surface area contributed by atoms with Crippen LogP contribution >= 0.6 is 0 Å². The second-order valence-corrected chi connectivity index (χ2v) is 3.99. The van der Waals surface area contributed by atoms with Crippen molar-refractivity contribution in [3.05, 3.63) is 54.2 Å². The van der Waals surface area contributed by atoms with Crippen molar-refractivity contribution < 1.29 is 9.90 Å². The third-order valence-corrected chi connectivity index (χ3v) is 2.63. The number of aromatic nitrogens is 1. The zero-order chi connectivity index (χ0) is 13.0. The first-order valence-corrected chi connectivity index (χ1v) is 5.62. The Labute approximate surface area is 106 Å².